The van der Waals surface area contributed by atoms with Crippen LogP contribution in [0, 0.1) is 5.82 Å². The molecule has 2 rings (SSSR count). The molecular formula is C16H16BrFN2S. The van der Waals surface area contributed by atoms with Crippen molar-refractivity contribution in [1.82, 2.24) is 5.32 Å². The Morgan fingerprint density at radius 1 is 1.19 bits per heavy atom. The van der Waals surface area contributed by atoms with E-state index in [0.29, 0.717) is 10.8 Å². The summed E-state index contributed by atoms with van der Waals surface area (Å²) in [5, 5.41) is 6.52. The zero-order valence-corrected chi connectivity index (χ0v) is 14.0. The normalized spacial score (nSPS) is 11.8. The quantitative estimate of drug-likeness (QED) is 0.742. The molecule has 0 saturated heterocycles. The minimum absolute atomic E-state index is 0.0878. The lowest BCUT2D eigenvalue weighted by molar-refractivity contribution is 0.624. The van der Waals surface area contributed by atoms with Gasteiger partial charge in [-0.25, -0.2) is 4.39 Å². The molecule has 0 aliphatic heterocycles. The predicted molar refractivity (Wildman–Crippen MR) is 92.9 cm³/mol. The summed E-state index contributed by atoms with van der Waals surface area (Å²) in [6.07, 6.45) is 0.876. The molecule has 21 heavy (non-hydrogen) atoms. The van der Waals surface area contributed by atoms with Crippen LogP contribution in [0.15, 0.2) is 53.0 Å². The zero-order valence-electron chi connectivity index (χ0n) is 11.6. The van der Waals surface area contributed by atoms with E-state index in [2.05, 4.69) is 33.5 Å². The molecule has 0 aromatic heterocycles. The Labute approximate surface area is 137 Å². The largest absolute Gasteiger partial charge is 0.356 e. The summed E-state index contributed by atoms with van der Waals surface area (Å²) >= 11 is 8.69. The molecule has 5 heteroatoms. The smallest absolute Gasteiger partial charge is 0.171 e. The molecule has 2 N–H and O–H groups in total. The average Bonchev–Trinajstić information content (AvgIpc) is 2.48. The van der Waals surface area contributed by atoms with Gasteiger partial charge in [0.25, 0.3) is 0 Å². The molecule has 2 aromatic rings. The average molecular weight is 367 g/mol. The third-order valence-electron chi connectivity index (χ3n) is 3.11. The first-order valence-electron chi connectivity index (χ1n) is 6.67. The van der Waals surface area contributed by atoms with E-state index in [1.807, 2.05) is 24.3 Å². The summed E-state index contributed by atoms with van der Waals surface area (Å²) in [5.74, 6) is -0.321. The number of benzene rings is 2. The fraction of sp³-hybridized carbons (Fsp3) is 0.188. The first-order chi connectivity index (χ1) is 10.1. The molecule has 2 aromatic carbocycles. The van der Waals surface area contributed by atoms with Crippen LogP contribution in [0.5, 0.6) is 0 Å². The van der Waals surface area contributed by atoms with Gasteiger partial charge in [0.2, 0.25) is 0 Å². The molecule has 0 amide bonds. The molecule has 0 unspecified atom stereocenters. The maximum atomic E-state index is 13.6. The molecule has 0 radical (unpaired) electrons. The Bertz CT molecular complexity index is 616. The molecule has 0 saturated carbocycles. The molecule has 2 nitrogen and oxygen atoms in total. The lowest BCUT2D eigenvalue weighted by atomic mass is 10.1. The van der Waals surface area contributed by atoms with E-state index in [-0.39, 0.29) is 11.9 Å². The van der Waals surface area contributed by atoms with E-state index in [4.69, 9.17) is 12.2 Å². The van der Waals surface area contributed by atoms with Crippen LogP contribution in [0.3, 0.4) is 0 Å². The van der Waals surface area contributed by atoms with E-state index in [1.54, 1.807) is 18.2 Å². The first kappa shape index (κ1) is 15.9. The van der Waals surface area contributed by atoms with E-state index < -0.39 is 0 Å². The molecule has 0 aliphatic carbocycles. The highest BCUT2D eigenvalue weighted by Gasteiger charge is 2.11. The number of halogens is 2. The highest BCUT2D eigenvalue weighted by atomic mass is 79.9. The van der Waals surface area contributed by atoms with Gasteiger partial charge in [0.1, 0.15) is 5.82 Å². The highest BCUT2D eigenvalue weighted by molar-refractivity contribution is 9.10. The second kappa shape index (κ2) is 7.52. The number of para-hydroxylation sites is 1. The van der Waals surface area contributed by atoms with E-state index >= 15 is 0 Å². The van der Waals surface area contributed by atoms with Crippen LogP contribution >= 0.6 is 28.1 Å². The highest BCUT2D eigenvalue weighted by Crippen LogP contribution is 2.20. The van der Waals surface area contributed by atoms with Gasteiger partial charge in [-0.2, -0.15) is 0 Å². The SMILES string of the molecule is CC[C@H](NC(=S)Nc1ccccc1F)c1ccc(Br)cc1. The van der Waals surface area contributed by atoms with Crippen LogP contribution in [0.4, 0.5) is 10.1 Å². The summed E-state index contributed by atoms with van der Waals surface area (Å²) in [4.78, 5) is 0. The van der Waals surface area contributed by atoms with Crippen LogP contribution in [0.2, 0.25) is 0 Å². The number of thiocarbonyl (C=S) groups is 1. The van der Waals surface area contributed by atoms with Crippen molar-refractivity contribution in [3.63, 3.8) is 0 Å². The number of nitrogens with one attached hydrogen (secondary N) is 2. The maximum absolute atomic E-state index is 13.6. The molecular weight excluding hydrogens is 351 g/mol. The lowest BCUT2D eigenvalue weighted by Gasteiger charge is -2.20. The summed E-state index contributed by atoms with van der Waals surface area (Å²) < 4.78 is 14.6. The van der Waals surface area contributed by atoms with Gasteiger partial charge < -0.3 is 10.6 Å². The van der Waals surface area contributed by atoms with Crippen molar-refractivity contribution in [1.29, 1.82) is 0 Å². The summed E-state index contributed by atoms with van der Waals surface area (Å²) in [6.45, 7) is 2.07. The van der Waals surface area contributed by atoms with Crippen molar-refractivity contribution >= 4 is 38.9 Å². The lowest BCUT2D eigenvalue weighted by Crippen LogP contribution is -2.32. The molecule has 0 aliphatic rings. The van der Waals surface area contributed by atoms with Crippen LogP contribution in [-0.4, -0.2) is 5.11 Å². The third-order valence-corrected chi connectivity index (χ3v) is 3.86. The third kappa shape index (κ3) is 4.51. The van der Waals surface area contributed by atoms with Crippen molar-refractivity contribution in [2.45, 2.75) is 19.4 Å². The molecule has 1 atom stereocenters. The number of anilines is 1. The standard InChI is InChI=1S/C16H16BrFN2S/c1-2-14(11-7-9-12(17)10-8-11)19-16(21)20-15-6-4-3-5-13(15)18/h3-10,14H,2H2,1H3,(H2,19,20,21)/t14-/m0/s1. The second-order valence-corrected chi connectivity index (χ2v) is 5.91. The Kier molecular flexibility index (Phi) is 5.70. The molecule has 0 spiro atoms. The van der Waals surface area contributed by atoms with Gasteiger partial charge >= 0.3 is 0 Å². The topological polar surface area (TPSA) is 24.1 Å². The van der Waals surface area contributed by atoms with Crippen LogP contribution in [-0.2, 0) is 0 Å². The van der Waals surface area contributed by atoms with Gasteiger partial charge in [-0.05, 0) is 48.5 Å². The molecule has 0 bridgehead atoms. The Hall–Kier alpha value is -1.46. The van der Waals surface area contributed by atoms with Gasteiger partial charge in [0, 0.05) is 4.47 Å². The second-order valence-electron chi connectivity index (χ2n) is 4.59. The Morgan fingerprint density at radius 3 is 2.48 bits per heavy atom. The zero-order chi connectivity index (χ0) is 15.2. The maximum Gasteiger partial charge on any atom is 0.171 e. The first-order valence-corrected chi connectivity index (χ1v) is 7.87. The Balaban J connectivity index is 2.03. The van der Waals surface area contributed by atoms with E-state index in [9.17, 15) is 4.39 Å². The van der Waals surface area contributed by atoms with Gasteiger partial charge in [-0.1, -0.05) is 47.1 Å². The fourth-order valence-electron chi connectivity index (χ4n) is 2.00. The summed E-state index contributed by atoms with van der Waals surface area (Å²) in [6, 6.07) is 14.6. The van der Waals surface area contributed by atoms with E-state index in [0.717, 1.165) is 16.5 Å². The number of hydrogen-bond donors (Lipinski definition) is 2. The number of hydrogen-bond acceptors (Lipinski definition) is 1. The van der Waals surface area contributed by atoms with Gasteiger partial charge in [-0.3, -0.25) is 0 Å². The predicted octanol–water partition coefficient (Wildman–Crippen LogP) is 5.03. The summed E-state index contributed by atoms with van der Waals surface area (Å²) in [5.41, 5.74) is 1.51. The van der Waals surface area contributed by atoms with Crippen molar-refractivity contribution in [3.8, 4) is 0 Å². The van der Waals surface area contributed by atoms with Crippen molar-refractivity contribution in [2.75, 3.05) is 5.32 Å². The van der Waals surface area contributed by atoms with Gasteiger partial charge in [-0.15, -0.1) is 0 Å². The molecule has 0 fully saturated rings. The van der Waals surface area contributed by atoms with Crippen LogP contribution < -0.4 is 10.6 Å². The van der Waals surface area contributed by atoms with Crippen molar-refractivity contribution in [3.05, 3.63) is 64.4 Å². The number of rotatable bonds is 4. The monoisotopic (exact) mass is 366 g/mol. The van der Waals surface area contributed by atoms with E-state index in [1.165, 1.54) is 6.07 Å². The molecule has 110 valence electrons. The van der Waals surface area contributed by atoms with Crippen molar-refractivity contribution < 1.29 is 4.39 Å². The van der Waals surface area contributed by atoms with Gasteiger partial charge in [0.15, 0.2) is 5.11 Å². The Morgan fingerprint density at radius 2 is 1.86 bits per heavy atom. The fourth-order valence-corrected chi connectivity index (χ4v) is 2.51. The van der Waals surface area contributed by atoms with Crippen LogP contribution in [0.1, 0.15) is 24.9 Å². The van der Waals surface area contributed by atoms with Crippen molar-refractivity contribution in [2.24, 2.45) is 0 Å². The minimum Gasteiger partial charge on any atom is -0.356 e. The molecule has 0 heterocycles. The van der Waals surface area contributed by atoms with Crippen LogP contribution in [0.25, 0.3) is 0 Å². The van der Waals surface area contributed by atoms with Gasteiger partial charge in [0.05, 0.1) is 11.7 Å². The summed E-state index contributed by atoms with van der Waals surface area (Å²) in [7, 11) is 0. The minimum atomic E-state index is -0.321.